The predicted octanol–water partition coefficient (Wildman–Crippen LogP) is 2.29. The molecule has 110 valence electrons. The fourth-order valence-electron chi connectivity index (χ4n) is 3.42. The van der Waals surface area contributed by atoms with Crippen molar-refractivity contribution in [3.8, 4) is 0 Å². The van der Waals surface area contributed by atoms with Crippen molar-refractivity contribution in [3.05, 3.63) is 22.8 Å². The number of aliphatic hydroxyl groups is 1. The topological polar surface area (TPSA) is 39.6 Å². The van der Waals surface area contributed by atoms with Gasteiger partial charge in [0.2, 0.25) is 0 Å². The van der Waals surface area contributed by atoms with E-state index in [0.717, 1.165) is 24.5 Å². The zero-order valence-electron chi connectivity index (χ0n) is 11.9. The summed E-state index contributed by atoms with van der Waals surface area (Å²) >= 11 is 6.03. The smallest absolute Gasteiger partial charge is 0.129 e. The molecule has 2 aliphatic heterocycles. The summed E-state index contributed by atoms with van der Waals surface area (Å²) in [7, 11) is 0. The Kier molecular flexibility index (Phi) is 4.15. The van der Waals surface area contributed by atoms with E-state index in [9.17, 15) is 5.11 Å². The Labute approximate surface area is 125 Å². The third kappa shape index (κ3) is 2.65. The number of piperidine rings is 1. The highest BCUT2D eigenvalue weighted by atomic mass is 35.5. The van der Waals surface area contributed by atoms with Crippen molar-refractivity contribution in [2.75, 3.05) is 24.5 Å². The lowest BCUT2D eigenvalue weighted by Gasteiger charge is -2.48. The van der Waals surface area contributed by atoms with E-state index in [2.05, 4.69) is 21.7 Å². The normalized spacial score (nSPS) is 27.4. The molecule has 4 nitrogen and oxygen atoms in total. The van der Waals surface area contributed by atoms with E-state index in [1.54, 1.807) is 6.20 Å². The number of nitrogens with zero attached hydrogens (tertiary/aromatic N) is 3. The van der Waals surface area contributed by atoms with E-state index < -0.39 is 0 Å². The van der Waals surface area contributed by atoms with Crippen molar-refractivity contribution in [3.63, 3.8) is 0 Å². The predicted molar refractivity (Wildman–Crippen MR) is 81.2 cm³/mol. The monoisotopic (exact) mass is 295 g/mol. The lowest BCUT2D eigenvalue weighted by atomic mass is 9.97. The second-order valence-corrected chi connectivity index (χ2v) is 6.35. The largest absolute Gasteiger partial charge is 0.392 e. The summed E-state index contributed by atoms with van der Waals surface area (Å²) in [5.74, 6) is 0.941. The molecule has 2 aliphatic rings. The first-order chi connectivity index (χ1) is 9.69. The maximum atomic E-state index is 9.36. The van der Waals surface area contributed by atoms with Gasteiger partial charge in [0.15, 0.2) is 0 Å². The summed E-state index contributed by atoms with van der Waals surface area (Å²) in [6.45, 7) is 5.58. The van der Waals surface area contributed by atoms with Crippen LogP contribution in [0.15, 0.2) is 12.3 Å². The highest BCUT2D eigenvalue weighted by molar-refractivity contribution is 6.31. The maximum absolute atomic E-state index is 9.36. The van der Waals surface area contributed by atoms with Crippen LogP contribution in [0.1, 0.15) is 31.7 Å². The molecule has 1 N–H and O–H groups in total. The van der Waals surface area contributed by atoms with Gasteiger partial charge in [0, 0.05) is 36.9 Å². The molecule has 3 heterocycles. The van der Waals surface area contributed by atoms with E-state index in [-0.39, 0.29) is 6.61 Å². The number of piperazine rings is 1. The van der Waals surface area contributed by atoms with Gasteiger partial charge >= 0.3 is 0 Å². The van der Waals surface area contributed by atoms with Crippen LogP contribution in [0.5, 0.6) is 0 Å². The summed E-state index contributed by atoms with van der Waals surface area (Å²) in [6.07, 6.45) is 5.60. The fraction of sp³-hybridized carbons (Fsp3) is 0.667. The standard InChI is InChI=1S/C15H22ClN3O/c1-11-8-18-5-3-2-4-13(18)9-19(11)15-6-12(10-20)14(16)7-17-15/h6-7,11,13,20H,2-5,8-10H2,1H3. The van der Waals surface area contributed by atoms with Gasteiger partial charge in [0.25, 0.3) is 0 Å². The quantitative estimate of drug-likeness (QED) is 0.909. The first kappa shape index (κ1) is 14.1. The molecule has 5 heteroatoms. The zero-order valence-corrected chi connectivity index (χ0v) is 12.7. The van der Waals surface area contributed by atoms with Crippen LogP contribution in [0.4, 0.5) is 5.82 Å². The molecule has 0 amide bonds. The molecule has 1 aromatic rings. The van der Waals surface area contributed by atoms with E-state index in [0.29, 0.717) is 17.1 Å². The third-order valence-electron chi connectivity index (χ3n) is 4.57. The summed E-state index contributed by atoms with van der Waals surface area (Å²) in [4.78, 5) is 9.44. The van der Waals surface area contributed by atoms with Gasteiger partial charge in [-0.15, -0.1) is 0 Å². The number of fused-ring (bicyclic) bond motifs is 1. The van der Waals surface area contributed by atoms with E-state index in [1.807, 2.05) is 6.07 Å². The van der Waals surface area contributed by atoms with Crippen molar-refractivity contribution in [2.45, 2.75) is 44.9 Å². The fourth-order valence-corrected chi connectivity index (χ4v) is 3.58. The molecule has 2 atom stereocenters. The Morgan fingerprint density at radius 2 is 2.25 bits per heavy atom. The number of aliphatic hydroxyl groups excluding tert-OH is 1. The van der Waals surface area contributed by atoms with Gasteiger partial charge in [0.1, 0.15) is 5.82 Å². The van der Waals surface area contributed by atoms with Crippen molar-refractivity contribution < 1.29 is 5.11 Å². The van der Waals surface area contributed by atoms with Gasteiger partial charge in [-0.3, -0.25) is 4.90 Å². The first-order valence-electron chi connectivity index (χ1n) is 7.45. The van der Waals surface area contributed by atoms with E-state index in [4.69, 9.17) is 11.6 Å². The summed E-state index contributed by atoms with van der Waals surface area (Å²) in [6, 6.07) is 3.02. The molecule has 0 aromatic carbocycles. The Morgan fingerprint density at radius 1 is 1.40 bits per heavy atom. The molecule has 0 bridgehead atoms. The Bertz CT molecular complexity index is 482. The average Bonchev–Trinajstić information content (AvgIpc) is 2.47. The summed E-state index contributed by atoms with van der Waals surface area (Å²) < 4.78 is 0. The summed E-state index contributed by atoms with van der Waals surface area (Å²) in [5, 5.41) is 9.90. The molecule has 2 unspecified atom stereocenters. The van der Waals surface area contributed by atoms with Crippen LogP contribution in [-0.2, 0) is 6.61 Å². The van der Waals surface area contributed by atoms with Crippen LogP contribution in [0, 0.1) is 0 Å². The van der Waals surface area contributed by atoms with Crippen LogP contribution >= 0.6 is 11.6 Å². The number of hydrogen-bond acceptors (Lipinski definition) is 4. The minimum absolute atomic E-state index is 0.0356. The highest BCUT2D eigenvalue weighted by Crippen LogP contribution is 2.28. The molecule has 0 saturated carbocycles. The number of rotatable bonds is 2. The molecule has 2 fully saturated rings. The Morgan fingerprint density at radius 3 is 3.05 bits per heavy atom. The second-order valence-electron chi connectivity index (χ2n) is 5.94. The zero-order chi connectivity index (χ0) is 14.1. The molecule has 2 saturated heterocycles. The van der Waals surface area contributed by atoms with Crippen molar-refractivity contribution in [1.29, 1.82) is 0 Å². The average molecular weight is 296 g/mol. The van der Waals surface area contributed by atoms with Gasteiger partial charge in [-0.25, -0.2) is 4.98 Å². The number of hydrogen-bond donors (Lipinski definition) is 1. The molecule has 0 radical (unpaired) electrons. The van der Waals surface area contributed by atoms with Gasteiger partial charge in [-0.1, -0.05) is 18.0 Å². The second kappa shape index (κ2) is 5.88. The van der Waals surface area contributed by atoms with Crippen LogP contribution < -0.4 is 4.90 Å². The van der Waals surface area contributed by atoms with Crippen LogP contribution in [0.25, 0.3) is 0 Å². The third-order valence-corrected chi connectivity index (χ3v) is 4.91. The molecule has 1 aromatic heterocycles. The van der Waals surface area contributed by atoms with Gasteiger partial charge in [-0.2, -0.15) is 0 Å². The maximum Gasteiger partial charge on any atom is 0.129 e. The number of anilines is 1. The van der Waals surface area contributed by atoms with Gasteiger partial charge < -0.3 is 10.0 Å². The minimum atomic E-state index is -0.0356. The number of pyridine rings is 1. The molecule has 20 heavy (non-hydrogen) atoms. The molecule has 0 aliphatic carbocycles. The molecular formula is C15H22ClN3O. The highest BCUT2D eigenvalue weighted by Gasteiger charge is 2.33. The van der Waals surface area contributed by atoms with Gasteiger partial charge in [0.05, 0.1) is 11.6 Å². The lowest BCUT2D eigenvalue weighted by molar-refractivity contribution is 0.115. The number of aromatic nitrogens is 1. The van der Waals surface area contributed by atoms with Crippen LogP contribution in [-0.4, -0.2) is 46.7 Å². The van der Waals surface area contributed by atoms with E-state index in [1.165, 1.54) is 25.8 Å². The first-order valence-corrected chi connectivity index (χ1v) is 7.83. The van der Waals surface area contributed by atoms with Crippen LogP contribution in [0.2, 0.25) is 5.02 Å². The van der Waals surface area contributed by atoms with Crippen LogP contribution in [0.3, 0.4) is 0 Å². The Balaban J connectivity index is 1.82. The minimum Gasteiger partial charge on any atom is -0.392 e. The van der Waals surface area contributed by atoms with Gasteiger partial charge in [-0.05, 0) is 32.4 Å². The SMILES string of the molecule is CC1CN2CCCCC2CN1c1cc(CO)c(Cl)cn1. The van der Waals surface area contributed by atoms with Crippen molar-refractivity contribution in [1.82, 2.24) is 9.88 Å². The van der Waals surface area contributed by atoms with E-state index >= 15 is 0 Å². The molecular weight excluding hydrogens is 274 g/mol. The number of halogens is 1. The Hall–Kier alpha value is -0.840. The molecule has 0 spiro atoms. The van der Waals surface area contributed by atoms with Crippen molar-refractivity contribution in [2.24, 2.45) is 0 Å². The van der Waals surface area contributed by atoms with Crippen molar-refractivity contribution >= 4 is 17.4 Å². The molecule has 3 rings (SSSR count). The lowest BCUT2D eigenvalue weighted by Crippen LogP contribution is -2.59. The summed E-state index contributed by atoms with van der Waals surface area (Å²) in [5.41, 5.74) is 0.759.